The van der Waals surface area contributed by atoms with E-state index in [1.165, 1.54) is 30.2 Å². The molecule has 2 heterocycles. The number of aryl methyl sites for hydroxylation is 1. The van der Waals surface area contributed by atoms with Crippen LogP contribution in [0.3, 0.4) is 0 Å². The number of hydrogen-bond donors (Lipinski definition) is 1. The van der Waals surface area contributed by atoms with Gasteiger partial charge in [0, 0.05) is 36.0 Å². The van der Waals surface area contributed by atoms with E-state index < -0.39 is 11.6 Å². The van der Waals surface area contributed by atoms with Crippen LogP contribution in [0.2, 0.25) is 0 Å². The van der Waals surface area contributed by atoms with Gasteiger partial charge in [-0.2, -0.15) is 0 Å². The number of halogens is 2. The fraction of sp³-hybridized carbons (Fsp3) is 0.450. The lowest BCUT2D eigenvalue weighted by Gasteiger charge is -2.35. The lowest BCUT2D eigenvalue weighted by molar-refractivity contribution is 0.0930. The number of rotatable bonds is 3. The molecule has 4 rings (SSSR count). The first-order chi connectivity index (χ1) is 13.1. The van der Waals surface area contributed by atoms with Gasteiger partial charge in [-0.1, -0.05) is 0 Å². The Bertz CT molecular complexity index is 850. The van der Waals surface area contributed by atoms with Crippen molar-refractivity contribution >= 4 is 11.7 Å². The lowest BCUT2D eigenvalue weighted by Crippen LogP contribution is -2.45. The Hall–Kier alpha value is -2.57. The van der Waals surface area contributed by atoms with Crippen LogP contribution in [0.5, 0.6) is 0 Å². The smallest absolute Gasteiger partial charge is 0.251 e. The van der Waals surface area contributed by atoms with E-state index in [2.05, 4.69) is 20.2 Å². The quantitative estimate of drug-likeness (QED) is 0.900. The SMILES string of the molecule is O=C(NC1CCN(c2ncnc3c2CCCC3)CC1)c1ccc(F)c(F)c1. The molecule has 1 aromatic carbocycles. The minimum absolute atomic E-state index is 0.0135. The van der Waals surface area contributed by atoms with E-state index >= 15 is 0 Å². The molecule has 142 valence electrons. The fourth-order valence-corrected chi connectivity index (χ4v) is 3.92. The Balaban J connectivity index is 1.38. The monoisotopic (exact) mass is 372 g/mol. The van der Waals surface area contributed by atoms with E-state index in [-0.39, 0.29) is 17.5 Å². The van der Waals surface area contributed by atoms with Gasteiger partial charge in [-0.15, -0.1) is 0 Å². The normalized spacial score (nSPS) is 17.5. The summed E-state index contributed by atoms with van der Waals surface area (Å²) in [6.07, 6.45) is 7.62. The predicted octanol–water partition coefficient (Wildman–Crippen LogP) is 3.03. The van der Waals surface area contributed by atoms with Crippen molar-refractivity contribution in [1.82, 2.24) is 15.3 Å². The van der Waals surface area contributed by atoms with E-state index in [1.807, 2.05) is 0 Å². The highest BCUT2D eigenvalue weighted by molar-refractivity contribution is 5.94. The van der Waals surface area contributed by atoms with Crippen LogP contribution < -0.4 is 10.2 Å². The van der Waals surface area contributed by atoms with Crippen molar-refractivity contribution in [2.75, 3.05) is 18.0 Å². The molecule has 1 aromatic heterocycles. The summed E-state index contributed by atoms with van der Waals surface area (Å²) in [6.45, 7) is 1.60. The summed E-state index contributed by atoms with van der Waals surface area (Å²) in [5.41, 5.74) is 2.58. The van der Waals surface area contributed by atoms with Crippen LogP contribution in [-0.2, 0) is 12.8 Å². The van der Waals surface area contributed by atoms with Gasteiger partial charge in [-0.05, 0) is 56.7 Å². The summed E-state index contributed by atoms with van der Waals surface area (Å²) in [4.78, 5) is 23.5. The number of carbonyl (C=O) groups is 1. The number of carbonyl (C=O) groups excluding carboxylic acids is 1. The summed E-state index contributed by atoms with van der Waals surface area (Å²) in [7, 11) is 0. The molecule has 5 nitrogen and oxygen atoms in total. The van der Waals surface area contributed by atoms with E-state index in [0.29, 0.717) is 0 Å². The standard InChI is InChI=1S/C20H22F2N4O/c21-16-6-5-13(11-17(16)22)20(27)25-14-7-9-26(10-8-14)19-15-3-1-2-4-18(15)23-12-24-19/h5-6,11-12,14H,1-4,7-10H2,(H,25,27). The highest BCUT2D eigenvalue weighted by atomic mass is 19.2. The van der Waals surface area contributed by atoms with Gasteiger partial charge in [-0.3, -0.25) is 4.79 Å². The number of benzene rings is 1. The van der Waals surface area contributed by atoms with Gasteiger partial charge in [-0.25, -0.2) is 18.7 Å². The zero-order valence-corrected chi connectivity index (χ0v) is 15.0. The van der Waals surface area contributed by atoms with Gasteiger partial charge in [0.05, 0.1) is 0 Å². The molecular weight excluding hydrogens is 350 g/mol. The first kappa shape index (κ1) is 17.8. The van der Waals surface area contributed by atoms with E-state index in [9.17, 15) is 13.6 Å². The largest absolute Gasteiger partial charge is 0.356 e. The number of aromatic nitrogens is 2. The second kappa shape index (κ2) is 7.58. The molecular formula is C20H22F2N4O. The molecule has 0 unspecified atom stereocenters. The molecule has 1 saturated heterocycles. The van der Waals surface area contributed by atoms with Crippen molar-refractivity contribution in [3.05, 3.63) is 53.0 Å². The maximum absolute atomic E-state index is 13.3. The molecule has 27 heavy (non-hydrogen) atoms. The molecule has 0 saturated carbocycles. The Labute approximate surface area is 156 Å². The summed E-state index contributed by atoms with van der Waals surface area (Å²) in [5, 5.41) is 2.93. The number of fused-ring (bicyclic) bond motifs is 1. The fourth-order valence-electron chi connectivity index (χ4n) is 3.92. The van der Waals surface area contributed by atoms with Crippen LogP contribution in [0.4, 0.5) is 14.6 Å². The molecule has 0 bridgehead atoms. The summed E-state index contributed by atoms with van der Waals surface area (Å²) < 4.78 is 26.3. The van der Waals surface area contributed by atoms with Crippen LogP contribution >= 0.6 is 0 Å². The van der Waals surface area contributed by atoms with Crippen molar-refractivity contribution in [3.63, 3.8) is 0 Å². The zero-order valence-electron chi connectivity index (χ0n) is 15.0. The Morgan fingerprint density at radius 3 is 2.63 bits per heavy atom. The van der Waals surface area contributed by atoms with Gasteiger partial charge in [0.15, 0.2) is 11.6 Å². The van der Waals surface area contributed by atoms with E-state index in [4.69, 9.17) is 0 Å². The van der Waals surface area contributed by atoms with Crippen molar-refractivity contribution in [3.8, 4) is 0 Å². The van der Waals surface area contributed by atoms with Crippen LogP contribution in [0, 0.1) is 11.6 Å². The number of hydrogen-bond acceptors (Lipinski definition) is 4. The molecule has 1 N–H and O–H groups in total. The van der Waals surface area contributed by atoms with Gasteiger partial charge in [0.1, 0.15) is 12.1 Å². The van der Waals surface area contributed by atoms with Gasteiger partial charge in [0.2, 0.25) is 0 Å². The van der Waals surface area contributed by atoms with Gasteiger partial charge >= 0.3 is 0 Å². The third-order valence-electron chi connectivity index (χ3n) is 5.41. The molecule has 2 aromatic rings. The minimum atomic E-state index is -1.01. The average Bonchev–Trinajstić information content (AvgIpc) is 2.70. The highest BCUT2D eigenvalue weighted by Crippen LogP contribution is 2.28. The van der Waals surface area contributed by atoms with E-state index in [1.54, 1.807) is 6.33 Å². The topological polar surface area (TPSA) is 58.1 Å². The van der Waals surface area contributed by atoms with Crippen LogP contribution in [-0.4, -0.2) is 35.0 Å². The third-order valence-corrected chi connectivity index (χ3v) is 5.41. The van der Waals surface area contributed by atoms with Crippen LogP contribution in [0.15, 0.2) is 24.5 Å². The first-order valence-corrected chi connectivity index (χ1v) is 9.45. The molecule has 1 aliphatic carbocycles. The average molecular weight is 372 g/mol. The van der Waals surface area contributed by atoms with Gasteiger partial charge < -0.3 is 10.2 Å². The number of nitrogens with zero attached hydrogens (tertiary/aromatic N) is 3. The number of amides is 1. The Morgan fingerprint density at radius 2 is 1.85 bits per heavy atom. The number of piperidine rings is 1. The molecule has 0 atom stereocenters. The molecule has 1 amide bonds. The Kier molecular flexibility index (Phi) is 5.01. The van der Waals surface area contributed by atoms with Crippen molar-refractivity contribution in [2.45, 2.75) is 44.6 Å². The number of anilines is 1. The molecule has 1 fully saturated rings. The maximum Gasteiger partial charge on any atom is 0.251 e. The summed E-state index contributed by atoms with van der Waals surface area (Å²) >= 11 is 0. The number of nitrogens with one attached hydrogen (secondary N) is 1. The maximum atomic E-state index is 13.3. The van der Waals surface area contributed by atoms with Crippen LogP contribution in [0.25, 0.3) is 0 Å². The molecule has 2 aliphatic rings. The molecule has 1 aliphatic heterocycles. The van der Waals surface area contributed by atoms with Crippen molar-refractivity contribution in [1.29, 1.82) is 0 Å². The third kappa shape index (κ3) is 3.77. The molecule has 0 spiro atoms. The second-order valence-electron chi connectivity index (χ2n) is 7.19. The molecule has 7 heteroatoms. The lowest BCUT2D eigenvalue weighted by atomic mass is 9.95. The molecule has 0 radical (unpaired) electrons. The van der Waals surface area contributed by atoms with Gasteiger partial charge in [0.25, 0.3) is 5.91 Å². The minimum Gasteiger partial charge on any atom is -0.356 e. The first-order valence-electron chi connectivity index (χ1n) is 9.45. The van der Waals surface area contributed by atoms with E-state index in [0.717, 1.165) is 56.7 Å². The van der Waals surface area contributed by atoms with Crippen molar-refractivity contribution < 1.29 is 13.6 Å². The van der Waals surface area contributed by atoms with Crippen LogP contribution in [0.1, 0.15) is 47.3 Å². The Morgan fingerprint density at radius 1 is 1.07 bits per heavy atom. The second-order valence-corrected chi connectivity index (χ2v) is 7.19. The van der Waals surface area contributed by atoms with Crippen molar-refractivity contribution in [2.24, 2.45) is 0 Å². The predicted molar refractivity (Wildman–Crippen MR) is 97.7 cm³/mol. The summed E-state index contributed by atoms with van der Waals surface area (Å²) in [6, 6.07) is 3.23. The highest BCUT2D eigenvalue weighted by Gasteiger charge is 2.25. The summed E-state index contributed by atoms with van der Waals surface area (Å²) in [5.74, 6) is -1.30. The zero-order chi connectivity index (χ0) is 18.8.